The molecule has 1 saturated heterocycles. The molecule has 0 spiro atoms. The number of ether oxygens (including phenoxy) is 4. The Morgan fingerprint density at radius 3 is 2.04 bits per heavy atom. The molecule has 0 aliphatic carbocycles. The fraction of sp³-hybridized carbons (Fsp3) is 0.333. The minimum absolute atomic E-state index is 0.406. The molecule has 122 valence electrons. The van der Waals surface area contributed by atoms with Crippen molar-refractivity contribution >= 4 is 0 Å². The van der Waals surface area contributed by atoms with Gasteiger partial charge in [0.25, 0.3) is 0 Å². The monoisotopic (exact) mass is 316 g/mol. The van der Waals surface area contributed by atoms with Crippen LogP contribution < -0.4 is 9.47 Å². The van der Waals surface area contributed by atoms with Gasteiger partial charge in [-0.1, -0.05) is 30.3 Å². The molecule has 1 aliphatic rings. The van der Waals surface area contributed by atoms with Crippen LogP contribution in [-0.2, 0) is 15.3 Å². The third-order valence-corrected chi connectivity index (χ3v) is 3.95. The Morgan fingerprint density at radius 2 is 1.52 bits per heavy atom. The molecule has 1 aliphatic heterocycles. The number of rotatable bonds is 5. The average molecular weight is 316 g/mol. The van der Waals surface area contributed by atoms with Crippen molar-refractivity contribution in [1.29, 1.82) is 0 Å². The van der Waals surface area contributed by atoms with E-state index in [1.807, 2.05) is 30.3 Å². The molecule has 23 heavy (non-hydrogen) atoms. The first-order valence-corrected chi connectivity index (χ1v) is 7.44. The Bertz CT molecular complexity index is 627. The van der Waals surface area contributed by atoms with Crippen LogP contribution in [0.4, 0.5) is 0 Å². The smallest absolute Gasteiger partial charge is 0.226 e. The quantitative estimate of drug-likeness (QED) is 0.919. The van der Waals surface area contributed by atoms with Gasteiger partial charge in [0.15, 0.2) is 0 Å². The molecule has 1 heterocycles. The molecule has 0 bridgehead atoms. The molecule has 0 saturated carbocycles. The van der Waals surface area contributed by atoms with Gasteiger partial charge in [-0.3, -0.25) is 0 Å². The highest BCUT2D eigenvalue weighted by atomic mass is 16.7. The molecule has 0 amide bonds. The SMILES string of the molecule is COc1cc(OC)cc(C2(C(O)c3ccccc3)OCCO2)c1. The zero-order chi connectivity index (χ0) is 16.3. The summed E-state index contributed by atoms with van der Waals surface area (Å²) in [6, 6.07) is 14.7. The highest BCUT2D eigenvalue weighted by Gasteiger charge is 2.47. The number of methoxy groups -OCH3 is 2. The second-order valence-electron chi connectivity index (χ2n) is 5.28. The van der Waals surface area contributed by atoms with E-state index in [1.54, 1.807) is 32.4 Å². The van der Waals surface area contributed by atoms with Crippen molar-refractivity contribution in [3.05, 3.63) is 59.7 Å². The van der Waals surface area contributed by atoms with Gasteiger partial charge in [-0.05, 0) is 17.7 Å². The molecule has 0 aromatic heterocycles. The highest BCUT2D eigenvalue weighted by molar-refractivity contribution is 5.42. The summed E-state index contributed by atoms with van der Waals surface area (Å²) < 4.78 is 22.3. The predicted octanol–water partition coefficient (Wildman–Crippen LogP) is 2.64. The lowest BCUT2D eigenvalue weighted by Crippen LogP contribution is -2.35. The number of aliphatic hydroxyl groups is 1. The van der Waals surface area contributed by atoms with Gasteiger partial charge in [0, 0.05) is 11.6 Å². The largest absolute Gasteiger partial charge is 0.497 e. The van der Waals surface area contributed by atoms with E-state index in [0.717, 1.165) is 5.56 Å². The number of hydrogen-bond acceptors (Lipinski definition) is 5. The van der Waals surface area contributed by atoms with Crippen molar-refractivity contribution in [1.82, 2.24) is 0 Å². The molecule has 1 N–H and O–H groups in total. The van der Waals surface area contributed by atoms with Gasteiger partial charge >= 0.3 is 0 Å². The summed E-state index contributed by atoms with van der Waals surface area (Å²) in [7, 11) is 3.16. The van der Waals surface area contributed by atoms with E-state index in [2.05, 4.69) is 0 Å². The Labute approximate surface area is 135 Å². The van der Waals surface area contributed by atoms with Crippen LogP contribution in [0.3, 0.4) is 0 Å². The number of benzene rings is 2. The molecule has 5 nitrogen and oxygen atoms in total. The maximum Gasteiger partial charge on any atom is 0.226 e. The molecule has 2 aromatic rings. The molecule has 0 radical (unpaired) electrons. The maximum absolute atomic E-state index is 10.9. The predicted molar refractivity (Wildman–Crippen MR) is 84.5 cm³/mol. The van der Waals surface area contributed by atoms with E-state index in [9.17, 15) is 5.11 Å². The second-order valence-corrected chi connectivity index (χ2v) is 5.28. The standard InChI is InChI=1S/C18H20O5/c1-20-15-10-14(11-16(12-15)21-2)18(22-8-9-23-18)17(19)13-6-4-3-5-7-13/h3-7,10-12,17,19H,8-9H2,1-2H3. The van der Waals surface area contributed by atoms with Crippen LogP contribution in [0.2, 0.25) is 0 Å². The van der Waals surface area contributed by atoms with Crippen LogP contribution in [0.25, 0.3) is 0 Å². The Morgan fingerprint density at radius 1 is 0.957 bits per heavy atom. The summed E-state index contributed by atoms with van der Waals surface area (Å²) in [4.78, 5) is 0. The van der Waals surface area contributed by atoms with Gasteiger partial charge in [0.2, 0.25) is 5.79 Å². The zero-order valence-corrected chi connectivity index (χ0v) is 13.2. The third-order valence-electron chi connectivity index (χ3n) is 3.95. The minimum Gasteiger partial charge on any atom is -0.497 e. The highest BCUT2D eigenvalue weighted by Crippen LogP contribution is 2.44. The molecular formula is C18H20O5. The molecule has 5 heteroatoms. The number of aliphatic hydroxyl groups excluding tert-OH is 1. The summed E-state index contributed by atoms with van der Waals surface area (Å²) >= 11 is 0. The summed E-state index contributed by atoms with van der Waals surface area (Å²) in [5.74, 6) is -0.0560. The first-order valence-electron chi connectivity index (χ1n) is 7.44. The van der Waals surface area contributed by atoms with Gasteiger partial charge in [-0.2, -0.15) is 0 Å². The topological polar surface area (TPSA) is 57.2 Å². The van der Waals surface area contributed by atoms with Gasteiger partial charge in [-0.25, -0.2) is 0 Å². The van der Waals surface area contributed by atoms with Crippen molar-refractivity contribution in [3.8, 4) is 11.5 Å². The average Bonchev–Trinajstić information content (AvgIpc) is 3.12. The van der Waals surface area contributed by atoms with Gasteiger partial charge in [-0.15, -0.1) is 0 Å². The van der Waals surface area contributed by atoms with E-state index in [1.165, 1.54) is 0 Å². The van der Waals surface area contributed by atoms with Gasteiger partial charge in [0.05, 0.1) is 27.4 Å². The normalized spacial score (nSPS) is 17.7. The van der Waals surface area contributed by atoms with Crippen molar-refractivity contribution in [2.24, 2.45) is 0 Å². The molecule has 1 fully saturated rings. The second kappa shape index (κ2) is 6.58. The molecule has 3 rings (SSSR count). The van der Waals surface area contributed by atoms with Crippen LogP contribution >= 0.6 is 0 Å². The maximum atomic E-state index is 10.9. The summed E-state index contributed by atoms with van der Waals surface area (Å²) in [5, 5.41) is 10.9. The number of hydrogen-bond donors (Lipinski definition) is 1. The lowest BCUT2D eigenvalue weighted by molar-refractivity contribution is -0.232. The summed E-state index contributed by atoms with van der Waals surface area (Å²) in [5.41, 5.74) is 1.37. The molecular weight excluding hydrogens is 296 g/mol. The summed E-state index contributed by atoms with van der Waals surface area (Å²) in [6.07, 6.45) is -0.969. The van der Waals surface area contributed by atoms with Crippen molar-refractivity contribution in [2.45, 2.75) is 11.9 Å². The van der Waals surface area contributed by atoms with E-state index in [0.29, 0.717) is 30.3 Å². The van der Waals surface area contributed by atoms with E-state index >= 15 is 0 Å². The molecule has 2 aromatic carbocycles. The van der Waals surface area contributed by atoms with E-state index in [4.69, 9.17) is 18.9 Å². The zero-order valence-electron chi connectivity index (χ0n) is 13.2. The Kier molecular flexibility index (Phi) is 4.52. The third kappa shape index (κ3) is 2.91. The summed E-state index contributed by atoms with van der Waals surface area (Å²) in [6.45, 7) is 0.812. The first kappa shape index (κ1) is 15.8. The molecule has 1 unspecified atom stereocenters. The lowest BCUT2D eigenvalue weighted by Gasteiger charge is -2.33. The van der Waals surface area contributed by atoms with Crippen molar-refractivity contribution < 1.29 is 24.1 Å². The Hall–Kier alpha value is -2.08. The van der Waals surface area contributed by atoms with E-state index in [-0.39, 0.29) is 0 Å². The van der Waals surface area contributed by atoms with Gasteiger partial charge in [0.1, 0.15) is 17.6 Å². The minimum atomic E-state index is -1.27. The van der Waals surface area contributed by atoms with E-state index < -0.39 is 11.9 Å². The van der Waals surface area contributed by atoms with Crippen LogP contribution in [-0.4, -0.2) is 32.5 Å². The van der Waals surface area contributed by atoms with Crippen LogP contribution in [0.15, 0.2) is 48.5 Å². The van der Waals surface area contributed by atoms with Gasteiger partial charge < -0.3 is 24.1 Å². The molecule has 1 atom stereocenters. The fourth-order valence-corrected chi connectivity index (χ4v) is 2.77. The first-order chi connectivity index (χ1) is 11.2. The van der Waals surface area contributed by atoms with Crippen LogP contribution in [0.1, 0.15) is 17.2 Å². The van der Waals surface area contributed by atoms with Crippen LogP contribution in [0.5, 0.6) is 11.5 Å². The van der Waals surface area contributed by atoms with Crippen molar-refractivity contribution in [3.63, 3.8) is 0 Å². The fourth-order valence-electron chi connectivity index (χ4n) is 2.77. The van der Waals surface area contributed by atoms with Crippen molar-refractivity contribution in [2.75, 3.05) is 27.4 Å². The Balaban J connectivity index is 2.08. The lowest BCUT2D eigenvalue weighted by atomic mass is 9.94. The van der Waals surface area contributed by atoms with Crippen LogP contribution in [0, 0.1) is 0 Å².